The molecule has 5 aliphatic rings. The van der Waals surface area contributed by atoms with Gasteiger partial charge in [-0.25, -0.2) is 0 Å². The van der Waals surface area contributed by atoms with Crippen LogP contribution in [0, 0.1) is 46.3 Å². The quantitative estimate of drug-likeness (QED) is 0.247. The van der Waals surface area contributed by atoms with Crippen LogP contribution in [-0.2, 0) is 14.0 Å². The van der Waals surface area contributed by atoms with Crippen molar-refractivity contribution in [3.8, 4) is 0 Å². The third kappa shape index (κ3) is 4.40. The average Bonchev–Trinajstić information content (AvgIpc) is 3.51. The Morgan fingerprint density at radius 3 is 2.49 bits per heavy atom. The zero-order chi connectivity index (χ0) is 27.1. The Labute approximate surface area is 228 Å². The van der Waals surface area contributed by atoms with Crippen LogP contribution in [0.5, 0.6) is 0 Å². The molecule has 0 amide bonds. The lowest BCUT2D eigenvalue weighted by molar-refractivity contribution is -0.117. The summed E-state index contributed by atoms with van der Waals surface area (Å²) in [5, 5.41) is 0.171. The van der Waals surface area contributed by atoms with Crippen molar-refractivity contribution in [2.45, 2.75) is 130 Å². The minimum absolute atomic E-state index is 0.0273. The molecule has 1 heterocycles. The molecule has 10 atom stereocenters. The number of ether oxygens (including phenoxy) is 1. The first-order chi connectivity index (χ1) is 17.1. The van der Waals surface area contributed by atoms with E-state index in [0.717, 1.165) is 24.2 Å². The van der Waals surface area contributed by atoms with E-state index in [9.17, 15) is 4.79 Å². The summed E-state index contributed by atoms with van der Waals surface area (Å²) in [7, 11) is -1.99. The molecular formula is C33H54O3Si. The van der Waals surface area contributed by atoms with Gasteiger partial charge in [0.1, 0.15) is 12.2 Å². The molecule has 0 unspecified atom stereocenters. The second kappa shape index (κ2) is 9.16. The SMILES string of the molecule is CC(C)CCC[C@@H](C)[C@H]1CC[C@H]2[C@@H]3C=CC4=CC(=O)[C@@H]5O[C@@H]5[C@]4(C)[C@H]3[C@H](O[Si](C)(C)C(C)(C)C)C[C@]12C. The summed E-state index contributed by atoms with van der Waals surface area (Å²) in [5.41, 5.74) is 1.37. The van der Waals surface area contributed by atoms with Gasteiger partial charge in [0, 0.05) is 17.4 Å². The van der Waals surface area contributed by atoms with Crippen molar-refractivity contribution in [3.63, 3.8) is 0 Å². The molecular weight excluding hydrogens is 472 g/mol. The number of epoxide rings is 1. The lowest BCUT2D eigenvalue weighted by Gasteiger charge is -2.60. The molecule has 37 heavy (non-hydrogen) atoms. The normalized spacial score (nSPS) is 43.6. The second-order valence-electron chi connectivity index (χ2n) is 15.9. The minimum atomic E-state index is -1.99. The highest BCUT2D eigenvalue weighted by Crippen LogP contribution is 2.69. The van der Waals surface area contributed by atoms with Gasteiger partial charge in [-0.1, -0.05) is 86.8 Å². The van der Waals surface area contributed by atoms with Crippen LogP contribution in [0.1, 0.15) is 93.9 Å². The van der Waals surface area contributed by atoms with E-state index in [-0.39, 0.29) is 34.5 Å². The molecule has 0 bridgehead atoms. The van der Waals surface area contributed by atoms with E-state index in [2.05, 4.69) is 80.6 Å². The maximum atomic E-state index is 12.7. The number of fused-ring (bicyclic) bond motifs is 7. The van der Waals surface area contributed by atoms with Gasteiger partial charge in [-0.2, -0.15) is 0 Å². The molecule has 1 saturated heterocycles. The van der Waals surface area contributed by atoms with Gasteiger partial charge in [0.05, 0.1) is 0 Å². The molecule has 0 aromatic carbocycles. The maximum Gasteiger partial charge on any atom is 0.192 e. The van der Waals surface area contributed by atoms with Crippen LogP contribution in [0.4, 0.5) is 0 Å². The first kappa shape index (κ1) is 27.8. The predicted octanol–water partition coefficient (Wildman–Crippen LogP) is 8.36. The smallest absolute Gasteiger partial charge is 0.192 e. The van der Waals surface area contributed by atoms with Crippen molar-refractivity contribution in [2.24, 2.45) is 46.3 Å². The van der Waals surface area contributed by atoms with Gasteiger partial charge in [0.2, 0.25) is 0 Å². The molecule has 1 aliphatic heterocycles. The molecule has 0 radical (unpaired) electrons. The number of carbonyl (C=O) groups is 1. The van der Waals surface area contributed by atoms with E-state index in [4.69, 9.17) is 9.16 Å². The monoisotopic (exact) mass is 526 g/mol. The molecule has 0 N–H and O–H groups in total. The second-order valence-corrected chi connectivity index (χ2v) is 20.7. The van der Waals surface area contributed by atoms with Gasteiger partial charge in [-0.3, -0.25) is 4.79 Å². The number of hydrogen-bond donors (Lipinski definition) is 0. The summed E-state index contributed by atoms with van der Waals surface area (Å²) >= 11 is 0. The summed E-state index contributed by atoms with van der Waals surface area (Å²) in [6.07, 6.45) is 14.6. The highest BCUT2D eigenvalue weighted by molar-refractivity contribution is 6.74. The Bertz CT molecular complexity index is 973. The fraction of sp³-hybridized carbons (Fsp3) is 0.848. The van der Waals surface area contributed by atoms with Crippen LogP contribution >= 0.6 is 0 Å². The number of hydrogen-bond acceptors (Lipinski definition) is 3. The van der Waals surface area contributed by atoms with Crippen LogP contribution in [0.25, 0.3) is 0 Å². The van der Waals surface area contributed by atoms with Crippen LogP contribution in [-0.4, -0.2) is 32.4 Å². The Balaban J connectivity index is 1.52. The zero-order valence-electron chi connectivity index (χ0n) is 25.4. The lowest BCUT2D eigenvalue weighted by Crippen LogP contribution is -2.60. The predicted molar refractivity (Wildman–Crippen MR) is 155 cm³/mol. The van der Waals surface area contributed by atoms with Crippen molar-refractivity contribution in [1.29, 1.82) is 0 Å². The molecule has 3 nitrogen and oxygen atoms in total. The van der Waals surface area contributed by atoms with Gasteiger partial charge < -0.3 is 9.16 Å². The van der Waals surface area contributed by atoms with Gasteiger partial charge >= 0.3 is 0 Å². The third-order valence-corrected chi connectivity index (χ3v) is 16.8. The van der Waals surface area contributed by atoms with Gasteiger partial charge in [-0.15, -0.1) is 0 Å². The van der Waals surface area contributed by atoms with Crippen LogP contribution < -0.4 is 0 Å². The third-order valence-electron chi connectivity index (χ3n) is 12.3. The van der Waals surface area contributed by atoms with Crippen molar-refractivity contribution < 1.29 is 14.0 Å². The number of carbonyl (C=O) groups excluding carboxylic acids is 1. The van der Waals surface area contributed by atoms with Crippen LogP contribution in [0.15, 0.2) is 23.8 Å². The molecule has 3 fully saturated rings. The molecule has 0 aromatic heterocycles. The summed E-state index contributed by atoms with van der Waals surface area (Å²) in [6, 6.07) is 0. The maximum absolute atomic E-state index is 12.7. The van der Waals surface area contributed by atoms with Crippen LogP contribution in [0.2, 0.25) is 18.1 Å². The number of allylic oxidation sites excluding steroid dienone is 2. The topological polar surface area (TPSA) is 38.8 Å². The molecule has 0 aromatic rings. The highest BCUT2D eigenvalue weighted by Gasteiger charge is 2.69. The van der Waals surface area contributed by atoms with Gasteiger partial charge in [0.25, 0.3) is 0 Å². The van der Waals surface area contributed by atoms with E-state index in [0.29, 0.717) is 23.2 Å². The van der Waals surface area contributed by atoms with Crippen molar-refractivity contribution in [1.82, 2.24) is 0 Å². The van der Waals surface area contributed by atoms with Gasteiger partial charge in [-0.05, 0) is 84.0 Å². The first-order valence-electron chi connectivity index (χ1n) is 15.4. The molecule has 0 spiro atoms. The van der Waals surface area contributed by atoms with E-state index >= 15 is 0 Å². The summed E-state index contributed by atoms with van der Waals surface area (Å²) < 4.78 is 13.6. The van der Waals surface area contributed by atoms with Gasteiger partial charge in [0.15, 0.2) is 14.1 Å². The van der Waals surface area contributed by atoms with Crippen molar-refractivity contribution in [3.05, 3.63) is 23.8 Å². The fourth-order valence-corrected chi connectivity index (χ4v) is 10.5. The fourth-order valence-electron chi connectivity index (χ4n) is 9.15. The zero-order valence-corrected chi connectivity index (χ0v) is 26.4. The van der Waals surface area contributed by atoms with E-state index in [1.54, 1.807) is 0 Å². The van der Waals surface area contributed by atoms with E-state index < -0.39 is 8.32 Å². The summed E-state index contributed by atoms with van der Waals surface area (Å²) in [6.45, 7) is 24.2. The minimum Gasteiger partial charge on any atom is -0.414 e. The standard InChI is InChI=1S/C33H54O3Si/c1-20(2)12-11-13-21(3)24-16-17-25-23-15-14-22-18-26(34)29-30(35-29)33(22,8)28(23)27(19-32(24,25)7)36-37(9,10)31(4,5)6/h14-15,18,20-21,23-25,27-30H,11-13,16-17,19H2,1-10H3/t21-,23+,24-,25+,27-,28-,29+,30+,32-,33+/m1/s1. The largest absolute Gasteiger partial charge is 0.414 e. The van der Waals surface area contributed by atoms with E-state index in [1.165, 1.54) is 37.7 Å². The Morgan fingerprint density at radius 1 is 1.14 bits per heavy atom. The van der Waals surface area contributed by atoms with Crippen molar-refractivity contribution >= 4 is 14.1 Å². The van der Waals surface area contributed by atoms with E-state index in [1.807, 2.05) is 6.08 Å². The number of rotatable bonds is 7. The Morgan fingerprint density at radius 2 is 1.84 bits per heavy atom. The number of ketones is 1. The Kier molecular flexibility index (Phi) is 6.89. The lowest BCUT2D eigenvalue weighted by atomic mass is 9.47. The Hall–Kier alpha value is -0.713. The highest BCUT2D eigenvalue weighted by atomic mass is 28.4. The molecule has 4 heteroatoms. The summed E-state index contributed by atoms with van der Waals surface area (Å²) in [5.74, 6) is 4.07. The molecule has 208 valence electrons. The summed E-state index contributed by atoms with van der Waals surface area (Å²) in [4.78, 5) is 12.7. The molecule has 4 aliphatic carbocycles. The molecule has 2 saturated carbocycles. The van der Waals surface area contributed by atoms with Crippen LogP contribution in [0.3, 0.4) is 0 Å². The van der Waals surface area contributed by atoms with Crippen molar-refractivity contribution in [2.75, 3.05) is 0 Å². The average molecular weight is 527 g/mol. The first-order valence-corrected chi connectivity index (χ1v) is 18.3. The molecule has 5 rings (SSSR count).